The molecule has 2 aromatic heterocycles. The molecule has 0 aliphatic heterocycles. The van der Waals surface area contributed by atoms with Crippen molar-refractivity contribution in [1.82, 2.24) is 4.57 Å². The predicted octanol–water partition coefficient (Wildman–Crippen LogP) is 15.8. The molecule has 3 heteroatoms. The van der Waals surface area contributed by atoms with Crippen LogP contribution in [0.25, 0.3) is 104 Å². The quantitative estimate of drug-likeness (QED) is 0.175. The highest BCUT2D eigenvalue weighted by Crippen LogP contribution is 2.50. The number of benzene rings is 10. The summed E-state index contributed by atoms with van der Waals surface area (Å²) in [5.41, 5.74) is 16.1. The molecule has 274 valence electrons. The van der Waals surface area contributed by atoms with Crippen molar-refractivity contribution in [2.24, 2.45) is 0 Å². The molecular weight excluding hydrogens is 717 g/mol. The molecule has 0 N–H and O–H groups in total. The van der Waals surface area contributed by atoms with Crippen LogP contribution in [-0.4, -0.2) is 4.57 Å². The molecule has 0 unspecified atom stereocenters. The van der Waals surface area contributed by atoms with Gasteiger partial charge in [-0.3, -0.25) is 0 Å². The molecule has 2 heterocycles. The molecule has 59 heavy (non-hydrogen) atoms. The Labute approximate surface area is 340 Å². The molecule has 0 spiro atoms. The monoisotopic (exact) mass is 750 g/mol. The van der Waals surface area contributed by atoms with Gasteiger partial charge in [0.2, 0.25) is 0 Å². The van der Waals surface area contributed by atoms with Crippen LogP contribution in [0.2, 0.25) is 0 Å². The van der Waals surface area contributed by atoms with Crippen molar-refractivity contribution in [3.05, 3.63) is 206 Å². The fourth-order valence-electron chi connectivity index (χ4n) is 9.93. The molecule has 0 atom stereocenters. The van der Waals surface area contributed by atoms with Crippen LogP contribution < -0.4 is 4.90 Å². The van der Waals surface area contributed by atoms with Crippen LogP contribution in [0.5, 0.6) is 0 Å². The van der Waals surface area contributed by atoms with Crippen molar-refractivity contribution in [2.75, 3.05) is 4.90 Å². The summed E-state index contributed by atoms with van der Waals surface area (Å²) in [6.45, 7) is 0. The zero-order valence-electron chi connectivity index (χ0n) is 31.9. The van der Waals surface area contributed by atoms with Gasteiger partial charge in [-0.25, -0.2) is 0 Å². The Morgan fingerprint density at radius 2 is 1.00 bits per heavy atom. The van der Waals surface area contributed by atoms with Gasteiger partial charge in [-0.1, -0.05) is 140 Å². The average molecular weight is 751 g/mol. The maximum absolute atomic E-state index is 6.30. The van der Waals surface area contributed by atoms with Crippen molar-refractivity contribution in [1.29, 1.82) is 0 Å². The Balaban J connectivity index is 0.999. The maximum atomic E-state index is 6.30. The van der Waals surface area contributed by atoms with Gasteiger partial charge in [0.05, 0.1) is 16.7 Å². The second kappa shape index (κ2) is 12.3. The summed E-state index contributed by atoms with van der Waals surface area (Å²) in [6, 6.07) is 75.1. The third-order valence-corrected chi connectivity index (χ3v) is 12.5. The SMILES string of the molecule is c1ccc2c(c1)-c1cccc3cc(N(c4ccc(-c5ccccc5-n5c6ccccc6c6c7ccccc7ccc65)cc4)c4ccc5oc6ccccc6c5c4)cc-2c13. The first-order valence-electron chi connectivity index (χ1n) is 20.3. The Hall–Kier alpha value is -7.88. The van der Waals surface area contributed by atoms with E-state index in [1.807, 2.05) is 12.1 Å². The van der Waals surface area contributed by atoms with E-state index in [-0.39, 0.29) is 0 Å². The van der Waals surface area contributed by atoms with Gasteiger partial charge >= 0.3 is 0 Å². The molecule has 0 amide bonds. The van der Waals surface area contributed by atoms with Crippen LogP contribution in [0, 0.1) is 0 Å². The van der Waals surface area contributed by atoms with E-state index < -0.39 is 0 Å². The molecule has 10 aromatic carbocycles. The lowest BCUT2D eigenvalue weighted by Gasteiger charge is -2.27. The summed E-state index contributed by atoms with van der Waals surface area (Å²) in [6.07, 6.45) is 0. The van der Waals surface area contributed by atoms with Crippen molar-refractivity contribution >= 4 is 82.4 Å². The Morgan fingerprint density at radius 3 is 1.88 bits per heavy atom. The van der Waals surface area contributed by atoms with Crippen molar-refractivity contribution < 1.29 is 4.42 Å². The van der Waals surface area contributed by atoms with Crippen molar-refractivity contribution in [3.63, 3.8) is 0 Å². The zero-order chi connectivity index (χ0) is 38.6. The Bertz CT molecular complexity index is 3680. The molecular formula is C56H34N2O. The van der Waals surface area contributed by atoms with Crippen LogP contribution >= 0.6 is 0 Å². The number of hydrogen-bond donors (Lipinski definition) is 0. The van der Waals surface area contributed by atoms with Crippen LogP contribution in [-0.2, 0) is 0 Å². The van der Waals surface area contributed by atoms with E-state index in [2.05, 4.69) is 204 Å². The maximum Gasteiger partial charge on any atom is 0.135 e. The Morgan fingerprint density at radius 1 is 0.339 bits per heavy atom. The Kier molecular flexibility index (Phi) is 6.72. The largest absolute Gasteiger partial charge is 0.456 e. The van der Waals surface area contributed by atoms with E-state index in [0.717, 1.165) is 50.3 Å². The average Bonchev–Trinajstić information content (AvgIpc) is 3.95. The van der Waals surface area contributed by atoms with Gasteiger partial charge in [0.1, 0.15) is 11.2 Å². The van der Waals surface area contributed by atoms with Gasteiger partial charge in [0.15, 0.2) is 0 Å². The highest BCUT2D eigenvalue weighted by Gasteiger charge is 2.25. The van der Waals surface area contributed by atoms with Crippen LogP contribution in [0.15, 0.2) is 211 Å². The minimum Gasteiger partial charge on any atom is -0.456 e. The molecule has 0 saturated carbocycles. The molecule has 3 nitrogen and oxygen atoms in total. The first kappa shape index (κ1) is 32.2. The van der Waals surface area contributed by atoms with Crippen LogP contribution in [0.3, 0.4) is 0 Å². The van der Waals surface area contributed by atoms with E-state index in [4.69, 9.17) is 4.42 Å². The summed E-state index contributed by atoms with van der Waals surface area (Å²) in [5.74, 6) is 0. The third kappa shape index (κ3) is 4.70. The summed E-state index contributed by atoms with van der Waals surface area (Å²) in [4.78, 5) is 2.40. The van der Waals surface area contributed by atoms with E-state index in [1.54, 1.807) is 0 Å². The van der Waals surface area contributed by atoms with Gasteiger partial charge in [0.25, 0.3) is 0 Å². The molecule has 0 fully saturated rings. The smallest absolute Gasteiger partial charge is 0.135 e. The number of hydrogen-bond acceptors (Lipinski definition) is 2. The third-order valence-electron chi connectivity index (χ3n) is 12.5. The highest BCUT2D eigenvalue weighted by molar-refractivity contribution is 6.22. The van der Waals surface area contributed by atoms with Gasteiger partial charge in [-0.2, -0.15) is 0 Å². The van der Waals surface area contributed by atoms with Gasteiger partial charge in [-0.15, -0.1) is 0 Å². The molecule has 0 radical (unpaired) electrons. The molecule has 0 saturated heterocycles. The topological polar surface area (TPSA) is 21.3 Å². The number of para-hydroxylation sites is 3. The summed E-state index contributed by atoms with van der Waals surface area (Å²) in [7, 11) is 0. The lowest BCUT2D eigenvalue weighted by molar-refractivity contribution is 0.669. The second-order valence-corrected chi connectivity index (χ2v) is 15.7. The summed E-state index contributed by atoms with van der Waals surface area (Å²) in [5, 5.41) is 9.84. The van der Waals surface area contributed by atoms with Gasteiger partial charge in [0, 0.05) is 44.2 Å². The summed E-state index contributed by atoms with van der Waals surface area (Å²) >= 11 is 0. The fourth-order valence-corrected chi connectivity index (χ4v) is 9.93. The number of aromatic nitrogens is 1. The molecule has 0 bridgehead atoms. The van der Waals surface area contributed by atoms with Gasteiger partial charge in [-0.05, 0) is 116 Å². The molecule has 1 aliphatic carbocycles. The lowest BCUT2D eigenvalue weighted by atomic mass is 10.00. The molecule has 13 rings (SSSR count). The molecule has 1 aliphatic rings. The summed E-state index contributed by atoms with van der Waals surface area (Å²) < 4.78 is 8.75. The number of anilines is 3. The lowest BCUT2D eigenvalue weighted by Crippen LogP contribution is -2.10. The first-order valence-corrected chi connectivity index (χ1v) is 20.3. The number of furan rings is 1. The predicted molar refractivity (Wildman–Crippen MR) is 248 cm³/mol. The highest BCUT2D eigenvalue weighted by atomic mass is 16.3. The van der Waals surface area contributed by atoms with E-state index >= 15 is 0 Å². The van der Waals surface area contributed by atoms with E-state index in [0.29, 0.717) is 0 Å². The minimum absolute atomic E-state index is 0.885. The van der Waals surface area contributed by atoms with Crippen LogP contribution in [0.4, 0.5) is 17.1 Å². The molecule has 12 aromatic rings. The standard InChI is InChI=1S/C56H34N2O/c1-2-15-42-35(12-1)26-30-52-56(42)47-19-6-9-22-51(47)58(52)50-21-8-5-14-41(50)36-24-27-38(28-25-36)57(39-29-31-54-48(33-39)45-18-7-10-23-53(45)59-54)40-32-37-13-11-20-46-43-16-3-4-17-44(43)49(34-40)55(37)46/h1-34H. The fraction of sp³-hybridized carbons (Fsp3) is 0. The van der Waals surface area contributed by atoms with E-state index in [1.165, 1.54) is 71.2 Å². The van der Waals surface area contributed by atoms with Gasteiger partial charge < -0.3 is 13.9 Å². The number of fused-ring (bicyclic) bond motifs is 11. The van der Waals surface area contributed by atoms with Crippen LogP contribution in [0.1, 0.15) is 0 Å². The van der Waals surface area contributed by atoms with Crippen molar-refractivity contribution in [2.45, 2.75) is 0 Å². The zero-order valence-corrected chi connectivity index (χ0v) is 31.9. The number of rotatable bonds is 5. The second-order valence-electron chi connectivity index (χ2n) is 15.7. The van der Waals surface area contributed by atoms with Crippen molar-refractivity contribution in [3.8, 4) is 39.1 Å². The first-order chi connectivity index (χ1) is 29.3. The normalized spacial score (nSPS) is 12.1. The number of nitrogens with zero attached hydrogens (tertiary/aromatic N) is 2. The minimum atomic E-state index is 0.885. The van der Waals surface area contributed by atoms with E-state index in [9.17, 15) is 0 Å².